The number of amides is 1. The molecule has 128 valence electrons. The molecule has 0 aliphatic carbocycles. The van der Waals surface area contributed by atoms with Crippen molar-refractivity contribution in [3.8, 4) is 0 Å². The molecule has 2 heterocycles. The number of rotatable bonds is 3. The Morgan fingerprint density at radius 3 is 2.62 bits per heavy atom. The summed E-state index contributed by atoms with van der Waals surface area (Å²) in [6, 6.07) is 4.24. The molecule has 1 aliphatic heterocycles. The van der Waals surface area contributed by atoms with Crippen molar-refractivity contribution in [3.63, 3.8) is 0 Å². The smallest absolute Gasteiger partial charge is 0.279 e. The molecule has 6 nitrogen and oxygen atoms in total. The second-order valence-corrected chi connectivity index (χ2v) is 8.66. The predicted octanol–water partition coefficient (Wildman–Crippen LogP) is 2.27. The lowest BCUT2D eigenvalue weighted by Crippen LogP contribution is -2.28. The number of thiazole rings is 1. The number of hydrogen-bond donors (Lipinski definition) is 0. The molecule has 2 aromatic rings. The second-order valence-electron chi connectivity index (χ2n) is 5.47. The monoisotopic (exact) mass is 385 g/mol. The lowest BCUT2D eigenvalue weighted by Gasteiger charge is -2.16. The fourth-order valence-electron chi connectivity index (χ4n) is 2.49. The van der Waals surface area contributed by atoms with Gasteiger partial charge in [0.1, 0.15) is 4.90 Å². The highest BCUT2D eigenvalue weighted by atomic mass is 35.5. The van der Waals surface area contributed by atoms with E-state index in [-0.39, 0.29) is 15.5 Å². The van der Waals surface area contributed by atoms with E-state index in [1.165, 1.54) is 33.8 Å². The van der Waals surface area contributed by atoms with Crippen LogP contribution in [0, 0.1) is 0 Å². The van der Waals surface area contributed by atoms with Gasteiger partial charge in [0, 0.05) is 37.3 Å². The highest BCUT2D eigenvalue weighted by Crippen LogP contribution is 2.28. The predicted molar refractivity (Wildman–Crippen MR) is 92.6 cm³/mol. The van der Waals surface area contributed by atoms with E-state index in [0.29, 0.717) is 17.9 Å². The van der Waals surface area contributed by atoms with Crippen molar-refractivity contribution in [3.05, 3.63) is 45.2 Å². The maximum Gasteiger partial charge on any atom is 0.279 e. The standard InChI is InChI=1S/C15H16ClN3O3S2/c1-18-8-9-23-15(18)17-14(20)11-4-5-12(16)13(10-11)24(21,22)19-6-2-3-7-19/h4-5,8-10H,2-3,6-7H2,1H3. The molecule has 1 aliphatic rings. The zero-order valence-electron chi connectivity index (χ0n) is 13.0. The molecule has 9 heteroatoms. The van der Waals surface area contributed by atoms with Crippen LogP contribution in [0.5, 0.6) is 0 Å². The number of nitrogens with zero attached hydrogens (tertiary/aromatic N) is 3. The molecule has 1 amide bonds. The van der Waals surface area contributed by atoms with Crippen molar-refractivity contribution in [2.24, 2.45) is 12.0 Å². The molecule has 1 fully saturated rings. The summed E-state index contributed by atoms with van der Waals surface area (Å²) < 4.78 is 28.5. The van der Waals surface area contributed by atoms with Crippen LogP contribution in [-0.2, 0) is 17.1 Å². The van der Waals surface area contributed by atoms with Crippen molar-refractivity contribution in [2.75, 3.05) is 13.1 Å². The first-order valence-electron chi connectivity index (χ1n) is 7.38. The fourth-order valence-corrected chi connectivity index (χ4v) is 5.23. The number of aromatic nitrogens is 1. The average Bonchev–Trinajstić information content (AvgIpc) is 3.20. The Labute approximate surface area is 149 Å². The third kappa shape index (κ3) is 3.32. The largest absolute Gasteiger partial charge is 0.327 e. The topological polar surface area (TPSA) is 71.7 Å². The van der Waals surface area contributed by atoms with Gasteiger partial charge in [0.15, 0.2) is 4.80 Å². The Hall–Kier alpha value is -1.48. The molecule has 0 spiro atoms. The lowest BCUT2D eigenvalue weighted by atomic mass is 10.2. The first kappa shape index (κ1) is 17.3. The summed E-state index contributed by atoms with van der Waals surface area (Å²) in [4.78, 5) is 16.9. The van der Waals surface area contributed by atoms with E-state index in [2.05, 4.69) is 4.99 Å². The van der Waals surface area contributed by atoms with Crippen LogP contribution in [0.25, 0.3) is 0 Å². The highest BCUT2D eigenvalue weighted by molar-refractivity contribution is 7.89. The summed E-state index contributed by atoms with van der Waals surface area (Å²) in [6.45, 7) is 0.957. The fraction of sp³-hybridized carbons (Fsp3) is 0.333. The van der Waals surface area contributed by atoms with Gasteiger partial charge in [-0.3, -0.25) is 4.79 Å². The van der Waals surface area contributed by atoms with Crippen molar-refractivity contribution in [2.45, 2.75) is 17.7 Å². The summed E-state index contributed by atoms with van der Waals surface area (Å²) in [5.41, 5.74) is 0.200. The Kier molecular flexibility index (Phi) is 4.91. The van der Waals surface area contributed by atoms with Gasteiger partial charge in [-0.15, -0.1) is 11.3 Å². The van der Waals surface area contributed by atoms with E-state index in [0.717, 1.165) is 12.8 Å². The number of carbonyl (C=O) groups is 1. The Balaban J connectivity index is 2.01. The van der Waals surface area contributed by atoms with Gasteiger partial charge in [-0.25, -0.2) is 8.42 Å². The van der Waals surface area contributed by atoms with Gasteiger partial charge in [-0.05, 0) is 31.0 Å². The molecule has 0 N–H and O–H groups in total. The van der Waals surface area contributed by atoms with E-state index in [4.69, 9.17) is 11.6 Å². The summed E-state index contributed by atoms with van der Waals surface area (Å²) in [7, 11) is -1.91. The van der Waals surface area contributed by atoms with Crippen LogP contribution < -0.4 is 4.80 Å². The van der Waals surface area contributed by atoms with Gasteiger partial charge in [0.25, 0.3) is 5.91 Å². The van der Waals surface area contributed by atoms with E-state index >= 15 is 0 Å². The number of sulfonamides is 1. The minimum Gasteiger partial charge on any atom is -0.327 e. The van der Waals surface area contributed by atoms with Gasteiger partial charge < -0.3 is 4.57 Å². The summed E-state index contributed by atoms with van der Waals surface area (Å²) >= 11 is 7.41. The molecule has 24 heavy (non-hydrogen) atoms. The molecule has 0 unspecified atom stereocenters. The maximum atomic E-state index is 12.7. The highest BCUT2D eigenvalue weighted by Gasteiger charge is 2.29. The van der Waals surface area contributed by atoms with Gasteiger partial charge in [-0.2, -0.15) is 9.30 Å². The van der Waals surface area contributed by atoms with Gasteiger partial charge in [-0.1, -0.05) is 11.6 Å². The van der Waals surface area contributed by atoms with E-state index in [9.17, 15) is 13.2 Å². The summed E-state index contributed by atoms with van der Waals surface area (Å²) in [5.74, 6) is -0.498. The number of halogens is 1. The average molecular weight is 386 g/mol. The zero-order chi connectivity index (χ0) is 17.3. The van der Waals surface area contributed by atoms with Crippen LogP contribution in [-0.4, -0.2) is 36.3 Å². The molecular weight excluding hydrogens is 370 g/mol. The van der Waals surface area contributed by atoms with Gasteiger partial charge in [0.05, 0.1) is 5.02 Å². The van der Waals surface area contributed by atoms with Crippen molar-refractivity contribution in [1.82, 2.24) is 8.87 Å². The summed E-state index contributed by atoms with van der Waals surface area (Å²) in [5, 5.41) is 1.93. The molecule has 1 aromatic carbocycles. The Morgan fingerprint density at radius 1 is 1.29 bits per heavy atom. The number of carbonyl (C=O) groups excluding carboxylic acids is 1. The third-order valence-corrected chi connectivity index (χ3v) is 7.05. The van der Waals surface area contributed by atoms with Gasteiger partial charge >= 0.3 is 0 Å². The van der Waals surface area contributed by atoms with Gasteiger partial charge in [0.2, 0.25) is 10.0 Å². The maximum absolute atomic E-state index is 12.7. The van der Waals surface area contributed by atoms with Crippen LogP contribution in [0.3, 0.4) is 0 Å². The Morgan fingerprint density at radius 2 is 2.00 bits per heavy atom. The normalized spacial score (nSPS) is 16.7. The number of hydrogen-bond acceptors (Lipinski definition) is 4. The van der Waals surface area contributed by atoms with E-state index < -0.39 is 15.9 Å². The molecule has 0 atom stereocenters. The van der Waals surface area contributed by atoms with Crippen LogP contribution >= 0.6 is 22.9 Å². The third-order valence-electron chi connectivity index (χ3n) is 3.82. The summed E-state index contributed by atoms with van der Waals surface area (Å²) in [6.07, 6.45) is 3.46. The molecule has 3 rings (SSSR count). The zero-order valence-corrected chi connectivity index (χ0v) is 15.4. The number of benzene rings is 1. The van der Waals surface area contributed by atoms with Crippen molar-refractivity contribution >= 4 is 38.9 Å². The number of aryl methyl sites for hydroxylation is 1. The van der Waals surface area contributed by atoms with Crippen LogP contribution in [0.1, 0.15) is 23.2 Å². The molecule has 1 saturated heterocycles. The molecule has 0 saturated carbocycles. The van der Waals surface area contributed by atoms with Crippen molar-refractivity contribution in [1.29, 1.82) is 0 Å². The molecule has 1 aromatic heterocycles. The van der Waals surface area contributed by atoms with Crippen molar-refractivity contribution < 1.29 is 13.2 Å². The first-order valence-corrected chi connectivity index (χ1v) is 10.1. The van der Waals surface area contributed by atoms with Crippen LogP contribution in [0.15, 0.2) is 39.7 Å². The molecule has 0 radical (unpaired) electrons. The lowest BCUT2D eigenvalue weighted by molar-refractivity contribution is 0.0997. The first-order chi connectivity index (χ1) is 11.4. The Bertz CT molecular complexity index is 941. The van der Waals surface area contributed by atoms with E-state index in [1.807, 2.05) is 5.38 Å². The van der Waals surface area contributed by atoms with E-state index in [1.54, 1.807) is 17.8 Å². The quantitative estimate of drug-likeness (QED) is 0.813. The van der Waals surface area contributed by atoms with Crippen LogP contribution in [0.4, 0.5) is 0 Å². The second kappa shape index (κ2) is 6.79. The molecular formula is C15H16ClN3O3S2. The minimum absolute atomic E-state index is 0.0392. The minimum atomic E-state index is -3.69. The van der Waals surface area contributed by atoms with Crippen LogP contribution in [0.2, 0.25) is 5.02 Å². The SMILES string of the molecule is Cn1ccsc1=NC(=O)c1ccc(Cl)c(S(=O)(=O)N2CCCC2)c1. The molecule has 0 bridgehead atoms.